The van der Waals surface area contributed by atoms with E-state index in [0.717, 1.165) is 35.7 Å². The molecule has 102 valence electrons. The number of nitrogens with zero attached hydrogens (tertiary/aromatic N) is 2. The lowest BCUT2D eigenvalue weighted by molar-refractivity contribution is 0.234. The lowest BCUT2D eigenvalue weighted by atomic mass is 10.1. The number of nitrogens with one attached hydrogen (secondary N) is 1. The Hall–Kier alpha value is -1.20. The summed E-state index contributed by atoms with van der Waals surface area (Å²) >= 11 is 1.45. The summed E-state index contributed by atoms with van der Waals surface area (Å²) in [6, 6.07) is 1.92. The Kier molecular flexibility index (Phi) is 3.94. The minimum Gasteiger partial charge on any atom is -0.308 e. The SMILES string of the molecule is O=c1[nH]c(CN2CCCCCCC2)nc2ccsc12. The zero-order valence-corrected chi connectivity index (χ0v) is 11.8. The molecule has 0 aromatic carbocycles. The molecule has 2 aromatic rings. The van der Waals surface area contributed by atoms with E-state index >= 15 is 0 Å². The van der Waals surface area contributed by atoms with Crippen LogP contribution in [0.5, 0.6) is 0 Å². The molecule has 1 aliphatic heterocycles. The molecule has 3 rings (SSSR count). The van der Waals surface area contributed by atoms with Gasteiger partial charge < -0.3 is 4.98 Å². The maximum atomic E-state index is 11.9. The van der Waals surface area contributed by atoms with Crippen molar-refractivity contribution in [3.63, 3.8) is 0 Å². The minimum absolute atomic E-state index is 0.00189. The van der Waals surface area contributed by atoms with Crippen LogP contribution >= 0.6 is 11.3 Å². The van der Waals surface area contributed by atoms with Gasteiger partial charge in [0, 0.05) is 0 Å². The molecule has 2 aromatic heterocycles. The average Bonchev–Trinajstić information content (AvgIpc) is 2.81. The van der Waals surface area contributed by atoms with Crippen LogP contribution in [0.3, 0.4) is 0 Å². The molecular weight excluding hydrogens is 258 g/mol. The summed E-state index contributed by atoms with van der Waals surface area (Å²) in [6.45, 7) is 3.00. The van der Waals surface area contributed by atoms with Gasteiger partial charge in [-0.2, -0.15) is 0 Å². The number of rotatable bonds is 2. The molecule has 0 radical (unpaired) electrons. The van der Waals surface area contributed by atoms with E-state index in [1.807, 2.05) is 11.4 Å². The second kappa shape index (κ2) is 5.84. The summed E-state index contributed by atoms with van der Waals surface area (Å²) < 4.78 is 0.733. The van der Waals surface area contributed by atoms with Gasteiger partial charge in [0.2, 0.25) is 0 Å². The Bertz CT molecular complexity index is 596. The zero-order valence-electron chi connectivity index (χ0n) is 11.0. The Morgan fingerprint density at radius 3 is 2.74 bits per heavy atom. The Morgan fingerprint density at radius 2 is 1.95 bits per heavy atom. The van der Waals surface area contributed by atoms with Gasteiger partial charge in [-0.15, -0.1) is 11.3 Å². The largest absolute Gasteiger partial charge is 0.308 e. The van der Waals surface area contributed by atoms with E-state index in [9.17, 15) is 4.79 Å². The molecular formula is C14H19N3OS. The van der Waals surface area contributed by atoms with Crippen LogP contribution in [0.1, 0.15) is 37.9 Å². The molecule has 1 aliphatic rings. The predicted octanol–water partition coefficient (Wildman–Crippen LogP) is 2.75. The van der Waals surface area contributed by atoms with Gasteiger partial charge in [0.1, 0.15) is 10.5 Å². The van der Waals surface area contributed by atoms with Crippen LogP contribution < -0.4 is 5.56 Å². The van der Waals surface area contributed by atoms with Crippen molar-refractivity contribution in [2.75, 3.05) is 13.1 Å². The van der Waals surface area contributed by atoms with Gasteiger partial charge in [0.25, 0.3) is 5.56 Å². The molecule has 1 saturated heterocycles. The molecule has 0 bridgehead atoms. The smallest absolute Gasteiger partial charge is 0.268 e. The fraction of sp³-hybridized carbons (Fsp3) is 0.571. The van der Waals surface area contributed by atoms with E-state index in [1.54, 1.807) is 0 Å². The standard InChI is InChI=1S/C14H19N3OS/c18-14-13-11(6-9-19-13)15-12(16-14)10-17-7-4-2-1-3-5-8-17/h6,9H,1-5,7-8,10H2,(H,15,16,18). The molecule has 0 spiro atoms. The fourth-order valence-electron chi connectivity index (χ4n) is 2.68. The third kappa shape index (κ3) is 3.04. The molecule has 1 N–H and O–H groups in total. The first kappa shape index (κ1) is 12.8. The normalized spacial score (nSPS) is 18.3. The summed E-state index contributed by atoms with van der Waals surface area (Å²) in [6.07, 6.45) is 6.52. The summed E-state index contributed by atoms with van der Waals surface area (Å²) in [4.78, 5) is 21.8. The van der Waals surface area contributed by atoms with Gasteiger partial charge in [-0.05, 0) is 37.4 Å². The Labute approximate surface area is 116 Å². The number of hydrogen-bond acceptors (Lipinski definition) is 4. The van der Waals surface area contributed by atoms with Crippen LogP contribution in [0.25, 0.3) is 10.2 Å². The molecule has 0 aliphatic carbocycles. The highest BCUT2D eigenvalue weighted by atomic mass is 32.1. The molecule has 1 fully saturated rings. The minimum atomic E-state index is 0.00189. The third-order valence-electron chi connectivity index (χ3n) is 3.69. The van der Waals surface area contributed by atoms with E-state index in [2.05, 4.69) is 14.9 Å². The Morgan fingerprint density at radius 1 is 1.21 bits per heavy atom. The number of fused-ring (bicyclic) bond motifs is 1. The second-order valence-corrected chi connectivity index (χ2v) is 6.11. The van der Waals surface area contributed by atoms with Crippen LogP contribution in [0, 0.1) is 0 Å². The number of aromatic amines is 1. The number of aromatic nitrogens is 2. The number of H-pyrrole nitrogens is 1. The molecule has 4 nitrogen and oxygen atoms in total. The van der Waals surface area contributed by atoms with Crippen LogP contribution in [0.15, 0.2) is 16.2 Å². The lowest BCUT2D eigenvalue weighted by Crippen LogP contribution is -2.28. The van der Waals surface area contributed by atoms with Gasteiger partial charge in [-0.3, -0.25) is 9.69 Å². The van der Waals surface area contributed by atoms with Crippen molar-refractivity contribution in [3.8, 4) is 0 Å². The van der Waals surface area contributed by atoms with Crippen molar-refractivity contribution in [1.82, 2.24) is 14.9 Å². The average molecular weight is 277 g/mol. The van der Waals surface area contributed by atoms with Crippen molar-refractivity contribution in [3.05, 3.63) is 27.6 Å². The topological polar surface area (TPSA) is 49.0 Å². The summed E-state index contributed by atoms with van der Waals surface area (Å²) in [5.74, 6) is 0.802. The first-order chi connectivity index (χ1) is 9.33. The maximum absolute atomic E-state index is 11.9. The van der Waals surface area contributed by atoms with Gasteiger partial charge in [0.05, 0.1) is 12.1 Å². The first-order valence-electron chi connectivity index (χ1n) is 7.02. The summed E-state index contributed by atoms with van der Waals surface area (Å²) in [5.41, 5.74) is 0.831. The van der Waals surface area contributed by atoms with Crippen molar-refractivity contribution in [2.45, 2.75) is 38.6 Å². The highest BCUT2D eigenvalue weighted by Crippen LogP contribution is 2.15. The van der Waals surface area contributed by atoms with E-state index in [-0.39, 0.29) is 5.56 Å². The van der Waals surface area contributed by atoms with E-state index in [1.165, 1.54) is 43.4 Å². The molecule has 0 amide bonds. The van der Waals surface area contributed by atoms with Crippen LogP contribution in [-0.4, -0.2) is 28.0 Å². The second-order valence-electron chi connectivity index (χ2n) is 5.19. The monoisotopic (exact) mass is 277 g/mol. The highest BCUT2D eigenvalue weighted by Gasteiger charge is 2.11. The number of likely N-dealkylation sites (tertiary alicyclic amines) is 1. The third-order valence-corrected chi connectivity index (χ3v) is 4.59. The fourth-order valence-corrected chi connectivity index (χ4v) is 3.40. The summed E-state index contributed by atoms with van der Waals surface area (Å²) in [7, 11) is 0. The van der Waals surface area contributed by atoms with E-state index in [4.69, 9.17) is 0 Å². The van der Waals surface area contributed by atoms with Gasteiger partial charge in [-0.25, -0.2) is 4.98 Å². The zero-order chi connectivity index (χ0) is 13.1. The molecule has 0 atom stereocenters. The van der Waals surface area contributed by atoms with Crippen LogP contribution in [-0.2, 0) is 6.54 Å². The van der Waals surface area contributed by atoms with Crippen LogP contribution in [0.2, 0.25) is 0 Å². The summed E-state index contributed by atoms with van der Waals surface area (Å²) in [5, 5.41) is 1.92. The van der Waals surface area contributed by atoms with Crippen molar-refractivity contribution >= 4 is 21.6 Å². The number of hydrogen-bond donors (Lipinski definition) is 1. The van der Waals surface area contributed by atoms with Crippen molar-refractivity contribution in [1.29, 1.82) is 0 Å². The maximum Gasteiger partial charge on any atom is 0.268 e. The van der Waals surface area contributed by atoms with Crippen molar-refractivity contribution in [2.24, 2.45) is 0 Å². The van der Waals surface area contributed by atoms with Gasteiger partial charge in [0.15, 0.2) is 0 Å². The quantitative estimate of drug-likeness (QED) is 0.918. The van der Waals surface area contributed by atoms with Crippen LogP contribution in [0.4, 0.5) is 0 Å². The van der Waals surface area contributed by atoms with E-state index < -0.39 is 0 Å². The Balaban J connectivity index is 1.77. The van der Waals surface area contributed by atoms with E-state index in [0.29, 0.717) is 0 Å². The molecule has 5 heteroatoms. The highest BCUT2D eigenvalue weighted by molar-refractivity contribution is 7.17. The molecule has 3 heterocycles. The number of thiophene rings is 1. The molecule has 0 saturated carbocycles. The predicted molar refractivity (Wildman–Crippen MR) is 78.6 cm³/mol. The lowest BCUT2D eigenvalue weighted by Gasteiger charge is -2.23. The molecule has 19 heavy (non-hydrogen) atoms. The molecule has 0 unspecified atom stereocenters. The van der Waals surface area contributed by atoms with Crippen molar-refractivity contribution < 1.29 is 0 Å². The van der Waals surface area contributed by atoms with Gasteiger partial charge in [-0.1, -0.05) is 19.3 Å². The van der Waals surface area contributed by atoms with Gasteiger partial charge >= 0.3 is 0 Å². The first-order valence-corrected chi connectivity index (χ1v) is 7.90.